The minimum atomic E-state index is -1.66. The maximum absolute atomic E-state index is 13.7. The molecule has 0 aliphatic rings. The zero-order valence-electron chi connectivity index (χ0n) is 15.3. The Balaban J connectivity index is 1.97. The van der Waals surface area contributed by atoms with Gasteiger partial charge in [0.2, 0.25) is 11.8 Å². The van der Waals surface area contributed by atoms with E-state index in [4.69, 9.17) is 11.6 Å². The number of halogens is 4. The number of nitrogens with zero attached hydrogens (tertiary/aromatic N) is 1. The van der Waals surface area contributed by atoms with E-state index in [0.717, 1.165) is 17.7 Å². The van der Waals surface area contributed by atoms with Crippen molar-refractivity contribution in [3.63, 3.8) is 0 Å². The zero-order valence-corrected chi connectivity index (χ0v) is 16.0. The molecule has 1 N–H and O–H groups in total. The van der Waals surface area contributed by atoms with Crippen molar-refractivity contribution >= 4 is 29.1 Å². The number of carbonyl (C=O) groups is 2. The van der Waals surface area contributed by atoms with Crippen LogP contribution in [0, 0.1) is 17.5 Å². The summed E-state index contributed by atoms with van der Waals surface area (Å²) in [4.78, 5) is 26.0. The highest BCUT2D eigenvalue weighted by molar-refractivity contribution is 6.30. The fraction of sp³-hybridized carbons (Fsp3) is 0.300. The number of nitrogens with one attached hydrogen (secondary N) is 1. The van der Waals surface area contributed by atoms with Crippen molar-refractivity contribution in [2.45, 2.75) is 26.2 Å². The topological polar surface area (TPSA) is 49.4 Å². The first-order chi connectivity index (χ1) is 13.3. The lowest BCUT2D eigenvalue weighted by atomic mass is 10.1. The molecule has 0 aliphatic carbocycles. The van der Waals surface area contributed by atoms with Crippen LogP contribution in [0.5, 0.6) is 0 Å². The van der Waals surface area contributed by atoms with Crippen LogP contribution in [0.2, 0.25) is 5.02 Å². The first-order valence-electron chi connectivity index (χ1n) is 8.77. The molecule has 0 saturated carbocycles. The van der Waals surface area contributed by atoms with Gasteiger partial charge in [-0.2, -0.15) is 0 Å². The van der Waals surface area contributed by atoms with Crippen LogP contribution in [-0.2, 0) is 16.0 Å². The number of amides is 2. The summed E-state index contributed by atoms with van der Waals surface area (Å²) < 4.78 is 39.9. The minimum absolute atomic E-state index is 0.189. The van der Waals surface area contributed by atoms with E-state index < -0.39 is 29.0 Å². The molecule has 0 fully saturated rings. The van der Waals surface area contributed by atoms with Gasteiger partial charge in [-0.1, -0.05) is 30.7 Å². The maximum Gasteiger partial charge on any atom is 0.244 e. The van der Waals surface area contributed by atoms with Crippen LogP contribution >= 0.6 is 11.6 Å². The quantitative estimate of drug-likeness (QED) is 0.646. The normalized spacial score (nSPS) is 10.6. The SMILES string of the molecule is CCCN(CC(=O)Nc1ccc(F)c(F)c1F)C(=O)CCc1ccc(Cl)cc1. The summed E-state index contributed by atoms with van der Waals surface area (Å²) in [5.74, 6) is -5.43. The Labute approximate surface area is 166 Å². The standard InChI is InChI=1S/C20H20ClF3N2O2/c1-2-11-26(18(28)10-5-13-3-6-14(21)7-4-13)12-17(27)25-16-9-8-15(22)19(23)20(16)24/h3-4,6-9H,2,5,10-12H2,1H3,(H,25,27). The first-order valence-corrected chi connectivity index (χ1v) is 9.15. The van der Waals surface area contributed by atoms with Gasteiger partial charge in [0.1, 0.15) is 0 Å². The third-order valence-electron chi connectivity index (χ3n) is 4.03. The Morgan fingerprint density at radius 2 is 1.71 bits per heavy atom. The van der Waals surface area contributed by atoms with Gasteiger partial charge in [0, 0.05) is 18.0 Å². The summed E-state index contributed by atoms with van der Waals surface area (Å²) in [5, 5.41) is 2.77. The fourth-order valence-corrected chi connectivity index (χ4v) is 2.73. The molecule has 150 valence electrons. The minimum Gasteiger partial charge on any atom is -0.333 e. The Bertz CT molecular complexity index is 844. The number of aryl methyl sites for hydroxylation is 1. The Hall–Kier alpha value is -2.54. The Morgan fingerprint density at radius 3 is 2.36 bits per heavy atom. The largest absolute Gasteiger partial charge is 0.333 e. The van der Waals surface area contributed by atoms with E-state index in [-0.39, 0.29) is 18.9 Å². The van der Waals surface area contributed by atoms with Crippen LogP contribution < -0.4 is 5.32 Å². The molecule has 0 saturated heterocycles. The van der Waals surface area contributed by atoms with Crippen LogP contribution in [0.3, 0.4) is 0 Å². The lowest BCUT2D eigenvalue weighted by Gasteiger charge is -2.22. The van der Waals surface area contributed by atoms with Crippen LogP contribution in [-0.4, -0.2) is 29.8 Å². The van der Waals surface area contributed by atoms with Gasteiger partial charge in [-0.05, 0) is 42.7 Å². The number of benzene rings is 2. The predicted octanol–water partition coefficient (Wildman–Crippen LogP) is 4.57. The molecule has 0 aromatic heterocycles. The molecule has 2 aromatic carbocycles. The van der Waals surface area contributed by atoms with E-state index in [1.54, 1.807) is 12.1 Å². The average molecular weight is 413 g/mol. The average Bonchev–Trinajstić information content (AvgIpc) is 2.67. The number of hydrogen-bond donors (Lipinski definition) is 1. The van der Waals surface area contributed by atoms with E-state index in [9.17, 15) is 22.8 Å². The van der Waals surface area contributed by atoms with Crippen LogP contribution in [0.15, 0.2) is 36.4 Å². The molecular formula is C20H20ClF3N2O2. The molecule has 0 unspecified atom stereocenters. The van der Waals surface area contributed by atoms with Gasteiger partial charge >= 0.3 is 0 Å². The van der Waals surface area contributed by atoms with Gasteiger partial charge in [-0.3, -0.25) is 9.59 Å². The molecular weight excluding hydrogens is 393 g/mol. The van der Waals surface area contributed by atoms with Crippen molar-refractivity contribution in [2.75, 3.05) is 18.4 Å². The van der Waals surface area contributed by atoms with Gasteiger partial charge < -0.3 is 10.2 Å². The predicted molar refractivity (Wildman–Crippen MR) is 102 cm³/mol. The van der Waals surface area contributed by atoms with Gasteiger partial charge in [-0.15, -0.1) is 0 Å². The molecule has 2 rings (SSSR count). The van der Waals surface area contributed by atoms with Gasteiger partial charge in [0.25, 0.3) is 0 Å². The lowest BCUT2D eigenvalue weighted by molar-refractivity contribution is -0.134. The number of rotatable bonds is 8. The van der Waals surface area contributed by atoms with E-state index in [2.05, 4.69) is 5.32 Å². The van der Waals surface area contributed by atoms with Gasteiger partial charge in [0.05, 0.1) is 12.2 Å². The van der Waals surface area contributed by atoms with Crippen molar-refractivity contribution < 1.29 is 22.8 Å². The number of anilines is 1. The summed E-state index contributed by atoms with van der Waals surface area (Å²) in [6.07, 6.45) is 1.30. The molecule has 28 heavy (non-hydrogen) atoms. The summed E-state index contributed by atoms with van der Waals surface area (Å²) in [7, 11) is 0. The van der Waals surface area contributed by atoms with Crippen LogP contribution in [0.1, 0.15) is 25.3 Å². The second kappa shape index (κ2) is 10.1. The van der Waals surface area contributed by atoms with Crippen molar-refractivity contribution in [3.05, 3.63) is 64.4 Å². The van der Waals surface area contributed by atoms with Crippen LogP contribution in [0.25, 0.3) is 0 Å². The molecule has 8 heteroatoms. The smallest absolute Gasteiger partial charge is 0.244 e. The Morgan fingerprint density at radius 1 is 1.04 bits per heavy atom. The van der Waals surface area contributed by atoms with Crippen molar-refractivity contribution in [2.24, 2.45) is 0 Å². The molecule has 0 atom stereocenters. The highest BCUT2D eigenvalue weighted by Gasteiger charge is 2.19. The molecule has 2 amide bonds. The summed E-state index contributed by atoms with van der Waals surface area (Å²) in [5.41, 5.74) is 0.455. The number of carbonyl (C=O) groups excluding carboxylic acids is 2. The number of hydrogen-bond acceptors (Lipinski definition) is 2. The first kappa shape index (κ1) is 21.8. The molecule has 0 spiro atoms. The zero-order chi connectivity index (χ0) is 20.7. The second-order valence-electron chi connectivity index (χ2n) is 6.21. The van der Waals surface area contributed by atoms with Crippen LogP contribution in [0.4, 0.5) is 18.9 Å². The summed E-state index contributed by atoms with van der Waals surface area (Å²) in [6.45, 7) is 1.88. The highest BCUT2D eigenvalue weighted by Crippen LogP contribution is 2.19. The van der Waals surface area contributed by atoms with E-state index in [1.165, 1.54) is 4.90 Å². The molecule has 0 radical (unpaired) electrons. The molecule has 4 nitrogen and oxygen atoms in total. The molecule has 0 bridgehead atoms. The lowest BCUT2D eigenvalue weighted by Crippen LogP contribution is -2.38. The van der Waals surface area contributed by atoms with E-state index >= 15 is 0 Å². The van der Waals surface area contributed by atoms with Gasteiger partial charge in [0.15, 0.2) is 17.5 Å². The monoisotopic (exact) mass is 412 g/mol. The second-order valence-corrected chi connectivity index (χ2v) is 6.65. The van der Waals surface area contributed by atoms with Crippen molar-refractivity contribution in [1.82, 2.24) is 4.90 Å². The maximum atomic E-state index is 13.7. The molecule has 0 aliphatic heterocycles. The fourth-order valence-electron chi connectivity index (χ4n) is 2.61. The third-order valence-corrected chi connectivity index (χ3v) is 4.28. The molecule has 2 aromatic rings. The summed E-state index contributed by atoms with van der Waals surface area (Å²) in [6, 6.07) is 8.74. The summed E-state index contributed by atoms with van der Waals surface area (Å²) >= 11 is 5.83. The third kappa shape index (κ3) is 5.99. The van der Waals surface area contributed by atoms with Crippen molar-refractivity contribution in [3.8, 4) is 0 Å². The Kier molecular flexibility index (Phi) is 7.87. The van der Waals surface area contributed by atoms with E-state index in [1.807, 2.05) is 19.1 Å². The highest BCUT2D eigenvalue weighted by atomic mass is 35.5. The van der Waals surface area contributed by atoms with Gasteiger partial charge in [-0.25, -0.2) is 13.2 Å². The molecule has 0 heterocycles. The van der Waals surface area contributed by atoms with E-state index in [0.29, 0.717) is 24.4 Å². The van der Waals surface area contributed by atoms with Crippen molar-refractivity contribution in [1.29, 1.82) is 0 Å².